The van der Waals surface area contributed by atoms with Crippen LogP contribution in [0.4, 0.5) is 5.82 Å². The number of aromatic nitrogens is 2. The summed E-state index contributed by atoms with van der Waals surface area (Å²) in [6, 6.07) is 5.68. The van der Waals surface area contributed by atoms with Gasteiger partial charge in [0.1, 0.15) is 11.3 Å². The van der Waals surface area contributed by atoms with Gasteiger partial charge in [0, 0.05) is 37.8 Å². The second-order valence-electron chi connectivity index (χ2n) is 7.85. The lowest BCUT2D eigenvalue weighted by Gasteiger charge is -2.32. The Morgan fingerprint density at radius 2 is 2.14 bits per heavy atom. The van der Waals surface area contributed by atoms with E-state index in [0.29, 0.717) is 11.3 Å². The Kier molecular flexibility index (Phi) is 5.89. The fourth-order valence-corrected chi connectivity index (χ4v) is 4.17. The number of aryl methyl sites for hydroxylation is 1. The van der Waals surface area contributed by atoms with E-state index in [2.05, 4.69) is 25.7 Å². The molecule has 2 saturated heterocycles. The summed E-state index contributed by atoms with van der Waals surface area (Å²) in [4.78, 5) is 27.5. The van der Waals surface area contributed by atoms with Crippen molar-refractivity contribution in [2.24, 2.45) is 0 Å². The van der Waals surface area contributed by atoms with Crippen molar-refractivity contribution < 1.29 is 9.21 Å². The maximum Gasteiger partial charge on any atom is 0.349 e. The molecule has 1 unspecified atom stereocenters. The number of nitrogens with one attached hydrogen (secondary N) is 2. The lowest BCUT2D eigenvalue weighted by molar-refractivity contribution is 0.0925. The molecule has 2 aromatic heterocycles. The molecule has 0 saturated carbocycles. The van der Waals surface area contributed by atoms with E-state index in [-0.39, 0.29) is 23.4 Å². The van der Waals surface area contributed by atoms with Crippen molar-refractivity contribution in [2.75, 3.05) is 31.1 Å². The van der Waals surface area contributed by atoms with Gasteiger partial charge >= 0.3 is 5.63 Å². The Balaban J connectivity index is 1.39. The summed E-state index contributed by atoms with van der Waals surface area (Å²) in [6.45, 7) is 5.17. The fourth-order valence-electron chi connectivity index (χ4n) is 4.17. The van der Waals surface area contributed by atoms with E-state index in [9.17, 15) is 9.59 Å². The molecular formula is C21H27N5O3. The van der Waals surface area contributed by atoms with E-state index in [1.54, 1.807) is 6.20 Å². The van der Waals surface area contributed by atoms with E-state index in [4.69, 9.17) is 4.42 Å². The van der Waals surface area contributed by atoms with Crippen LogP contribution in [-0.4, -0.2) is 48.3 Å². The van der Waals surface area contributed by atoms with Gasteiger partial charge in [0.15, 0.2) is 5.82 Å². The molecule has 0 spiro atoms. The molecule has 2 aliphatic rings. The molecule has 2 aliphatic heterocycles. The predicted molar refractivity (Wildman–Crippen MR) is 109 cm³/mol. The Labute approximate surface area is 169 Å². The normalized spacial score (nSPS) is 20.4. The van der Waals surface area contributed by atoms with Crippen LogP contribution in [0.25, 0.3) is 0 Å². The van der Waals surface area contributed by atoms with Crippen molar-refractivity contribution in [3.05, 3.63) is 51.7 Å². The minimum atomic E-state index is -0.542. The highest BCUT2D eigenvalue weighted by Gasteiger charge is 2.26. The second-order valence-corrected chi connectivity index (χ2v) is 7.85. The molecule has 1 atom stereocenters. The molecule has 4 rings (SSSR count). The maximum absolute atomic E-state index is 12.8. The Hall–Kier alpha value is -2.74. The molecule has 0 aliphatic carbocycles. The van der Waals surface area contributed by atoms with Crippen LogP contribution in [-0.2, 0) is 0 Å². The van der Waals surface area contributed by atoms with E-state index < -0.39 is 5.63 Å². The zero-order valence-corrected chi connectivity index (χ0v) is 16.7. The Bertz CT molecular complexity index is 900. The first-order chi connectivity index (χ1) is 14.1. The molecule has 0 aromatic carbocycles. The minimum absolute atomic E-state index is 0.0245. The number of rotatable bonds is 4. The number of hydrogen-bond donors (Lipinski definition) is 2. The van der Waals surface area contributed by atoms with Gasteiger partial charge in [0.05, 0.1) is 0 Å². The molecule has 29 heavy (non-hydrogen) atoms. The third-order valence-electron chi connectivity index (χ3n) is 5.81. The van der Waals surface area contributed by atoms with Gasteiger partial charge in [-0.1, -0.05) is 0 Å². The standard InChI is InChI=1S/C21H27N5O3/c1-14-12-17(15-4-2-8-22-13-15)29-21(28)19(14)20(27)24-16-6-10-26(11-7-16)18-5-3-9-23-25-18/h3,5,9,12,15-16,22H,2,4,6-8,10-11,13H2,1H3,(H,24,27). The first kappa shape index (κ1) is 19.6. The third-order valence-corrected chi connectivity index (χ3v) is 5.81. The largest absolute Gasteiger partial charge is 0.427 e. The van der Waals surface area contributed by atoms with Crippen molar-refractivity contribution in [3.8, 4) is 0 Å². The summed E-state index contributed by atoms with van der Waals surface area (Å²) >= 11 is 0. The molecule has 1 amide bonds. The average Bonchev–Trinajstić information content (AvgIpc) is 2.75. The van der Waals surface area contributed by atoms with Gasteiger partial charge in [-0.3, -0.25) is 4.79 Å². The van der Waals surface area contributed by atoms with Gasteiger partial charge in [-0.2, -0.15) is 5.10 Å². The highest BCUT2D eigenvalue weighted by atomic mass is 16.4. The van der Waals surface area contributed by atoms with Crippen LogP contribution >= 0.6 is 0 Å². The summed E-state index contributed by atoms with van der Waals surface area (Å²) in [5.74, 6) is 1.37. The topological polar surface area (TPSA) is 100 Å². The van der Waals surface area contributed by atoms with E-state index in [1.807, 2.05) is 25.1 Å². The van der Waals surface area contributed by atoms with Crippen molar-refractivity contribution in [1.29, 1.82) is 0 Å². The molecule has 154 valence electrons. The summed E-state index contributed by atoms with van der Waals surface area (Å²) in [5.41, 5.74) is 0.255. The summed E-state index contributed by atoms with van der Waals surface area (Å²) in [7, 11) is 0. The van der Waals surface area contributed by atoms with Crippen LogP contribution in [0.2, 0.25) is 0 Å². The van der Waals surface area contributed by atoms with Crippen molar-refractivity contribution in [3.63, 3.8) is 0 Å². The van der Waals surface area contributed by atoms with Crippen LogP contribution in [0.3, 0.4) is 0 Å². The fraction of sp³-hybridized carbons (Fsp3) is 0.524. The van der Waals surface area contributed by atoms with Gasteiger partial charge in [-0.05, 0) is 62.9 Å². The number of carbonyl (C=O) groups excluding carboxylic acids is 1. The Morgan fingerprint density at radius 1 is 1.31 bits per heavy atom. The first-order valence-corrected chi connectivity index (χ1v) is 10.3. The van der Waals surface area contributed by atoms with Crippen LogP contribution in [0.1, 0.15) is 53.3 Å². The lowest BCUT2D eigenvalue weighted by Crippen LogP contribution is -2.46. The predicted octanol–water partition coefficient (Wildman–Crippen LogP) is 1.60. The second kappa shape index (κ2) is 8.73. The number of nitrogens with zero attached hydrogens (tertiary/aromatic N) is 3. The maximum atomic E-state index is 12.8. The highest BCUT2D eigenvalue weighted by Crippen LogP contribution is 2.24. The summed E-state index contributed by atoms with van der Waals surface area (Å²) in [6.07, 6.45) is 5.28. The molecule has 2 N–H and O–H groups in total. The van der Waals surface area contributed by atoms with Crippen LogP contribution in [0.15, 0.2) is 33.6 Å². The molecule has 0 radical (unpaired) electrons. The molecule has 4 heterocycles. The molecule has 8 heteroatoms. The monoisotopic (exact) mass is 397 g/mol. The quantitative estimate of drug-likeness (QED) is 0.808. The number of amides is 1. The summed E-state index contributed by atoms with van der Waals surface area (Å²) < 4.78 is 5.53. The van der Waals surface area contributed by atoms with Crippen LogP contribution in [0.5, 0.6) is 0 Å². The van der Waals surface area contributed by atoms with Crippen LogP contribution in [0, 0.1) is 6.92 Å². The van der Waals surface area contributed by atoms with Gasteiger partial charge < -0.3 is 20.0 Å². The van der Waals surface area contributed by atoms with Crippen LogP contribution < -0.4 is 21.2 Å². The first-order valence-electron chi connectivity index (χ1n) is 10.3. The number of anilines is 1. The number of hydrogen-bond acceptors (Lipinski definition) is 7. The van der Waals surface area contributed by atoms with E-state index in [0.717, 1.165) is 57.7 Å². The van der Waals surface area contributed by atoms with Crippen molar-refractivity contribution >= 4 is 11.7 Å². The van der Waals surface area contributed by atoms with Gasteiger partial charge in [-0.25, -0.2) is 4.79 Å². The van der Waals surface area contributed by atoms with Gasteiger partial charge in [0.25, 0.3) is 5.91 Å². The minimum Gasteiger partial charge on any atom is -0.427 e. The van der Waals surface area contributed by atoms with Crippen molar-refractivity contribution in [2.45, 2.75) is 44.6 Å². The number of piperidine rings is 2. The number of carbonyl (C=O) groups is 1. The zero-order valence-electron chi connectivity index (χ0n) is 16.7. The molecule has 8 nitrogen and oxygen atoms in total. The highest BCUT2D eigenvalue weighted by molar-refractivity contribution is 5.95. The van der Waals surface area contributed by atoms with Gasteiger partial charge in [0.2, 0.25) is 0 Å². The average molecular weight is 397 g/mol. The smallest absolute Gasteiger partial charge is 0.349 e. The SMILES string of the molecule is Cc1cc(C2CCCNC2)oc(=O)c1C(=O)NC1CCN(c2cccnn2)CC1. The summed E-state index contributed by atoms with van der Waals surface area (Å²) in [5, 5.41) is 14.4. The Morgan fingerprint density at radius 3 is 2.79 bits per heavy atom. The lowest BCUT2D eigenvalue weighted by atomic mass is 9.95. The zero-order chi connectivity index (χ0) is 20.2. The molecule has 0 bridgehead atoms. The van der Waals surface area contributed by atoms with Gasteiger partial charge in [-0.15, -0.1) is 5.10 Å². The van der Waals surface area contributed by atoms with E-state index >= 15 is 0 Å². The third kappa shape index (κ3) is 4.48. The van der Waals surface area contributed by atoms with Crippen molar-refractivity contribution in [1.82, 2.24) is 20.8 Å². The molecular weight excluding hydrogens is 370 g/mol. The molecule has 2 fully saturated rings. The molecule has 2 aromatic rings. The van der Waals surface area contributed by atoms with E-state index in [1.165, 1.54) is 0 Å².